The summed E-state index contributed by atoms with van der Waals surface area (Å²) in [6, 6.07) is 0.371. The minimum atomic E-state index is 0.0294. The van der Waals surface area contributed by atoms with Gasteiger partial charge in [-0.1, -0.05) is 12.8 Å². The van der Waals surface area contributed by atoms with Crippen LogP contribution in [0, 0.1) is 0 Å². The molecule has 1 heterocycles. The molecule has 0 bridgehead atoms. The quantitative estimate of drug-likeness (QED) is 0.892. The number of anilines is 1. The average molecular weight is 282 g/mol. The third kappa shape index (κ3) is 3.67. The van der Waals surface area contributed by atoms with Gasteiger partial charge in [0.15, 0.2) is 5.13 Å². The molecule has 0 unspecified atom stereocenters. The van der Waals surface area contributed by atoms with Crippen LogP contribution in [-0.2, 0) is 0 Å². The Morgan fingerprint density at radius 1 is 1.42 bits per heavy atom. The maximum absolute atomic E-state index is 12.6. The third-order valence-electron chi connectivity index (χ3n) is 3.56. The van der Waals surface area contributed by atoms with Crippen molar-refractivity contribution in [3.8, 4) is 0 Å². The molecule has 1 amide bonds. The average Bonchev–Trinajstić information content (AvgIpc) is 3.00. The van der Waals surface area contributed by atoms with Crippen LogP contribution < -0.4 is 5.73 Å². The summed E-state index contributed by atoms with van der Waals surface area (Å²) in [7, 11) is 4.05. The van der Waals surface area contributed by atoms with Gasteiger partial charge in [0.05, 0.1) is 0 Å². The predicted octanol–water partition coefficient (Wildman–Crippen LogP) is 1.67. The molecule has 6 heteroatoms. The summed E-state index contributed by atoms with van der Waals surface area (Å²) < 4.78 is 0. The van der Waals surface area contributed by atoms with Gasteiger partial charge in [-0.2, -0.15) is 0 Å². The lowest BCUT2D eigenvalue weighted by atomic mass is 10.2. The summed E-state index contributed by atoms with van der Waals surface area (Å²) in [5.41, 5.74) is 6.11. The molecule has 19 heavy (non-hydrogen) atoms. The fraction of sp³-hybridized carbons (Fsp3) is 0.692. The molecule has 2 N–H and O–H groups in total. The Morgan fingerprint density at radius 3 is 2.63 bits per heavy atom. The number of aromatic nitrogens is 1. The van der Waals surface area contributed by atoms with Crippen molar-refractivity contribution in [3.63, 3.8) is 0 Å². The minimum absolute atomic E-state index is 0.0294. The van der Waals surface area contributed by atoms with E-state index < -0.39 is 0 Å². The van der Waals surface area contributed by atoms with E-state index in [1.54, 1.807) is 5.38 Å². The van der Waals surface area contributed by atoms with Gasteiger partial charge in [-0.15, -0.1) is 11.3 Å². The van der Waals surface area contributed by atoms with Gasteiger partial charge in [0.2, 0.25) is 0 Å². The van der Waals surface area contributed by atoms with Gasteiger partial charge in [0, 0.05) is 24.5 Å². The number of nitrogens with two attached hydrogens (primary N) is 1. The van der Waals surface area contributed by atoms with Crippen LogP contribution >= 0.6 is 11.3 Å². The van der Waals surface area contributed by atoms with Crippen molar-refractivity contribution in [2.24, 2.45) is 0 Å². The Balaban J connectivity index is 2.09. The molecule has 0 saturated heterocycles. The lowest BCUT2D eigenvalue weighted by molar-refractivity contribution is 0.0662. The van der Waals surface area contributed by atoms with E-state index in [1.807, 2.05) is 19.0 Å². The first-order valence-corrected chi connectivity index (χ1v) is 7.62. The van der Waals surface area contributed by atoms with Crippen molar-refractivity contribution in [2.45, 2.75) is 31.7 Å². The lowest BCUT2D eigenvalue weighted by Gasteiger charge is -2.29. The Hall–Kier alpha value is -1.14. The van der Waals surface area contributed by atoms with Crippen molar-refractivity contribution in [3.05, 3.63) is 11.1 Å². The highest BCUT2D eigenvalue weighted by atomic mass is 32.1. The summed E-state index contributed by atoms with van der Waals surface area (Å²) >= 11 is 1.33. The number of likely N-dealkylation sites (N-methyl/N-ethyl adjacent to an activating group) is 1. The van der Waals surface area contributed by atoms with Crippen LogP contribution in [-0.4, -0.2) is 53.9 Å². The molecule has 1 aromatic heterocycles. The van der Waals surface area contributed by atoms with Gasteiger partial charge in [-0.05, 0) is 26.9 Å². The molecule has 2 rings (SSSR count). The smallest absolute Gasteiger partial charge is 0.273 e. The van der Waals surface area contributed by atoms with Crippen LogP contribution in [0.5, 0.6) is 0 Å². The van der Waals surface area contributed by atoms with E-state index in [2.05, 4.69) is 9.88 Å². The van der Waals surface area contributed by atoms with Crippen LogP contribution in [0.15, 0.2) is 5.38 Å². The highest BCUT2D eigenvalue weighted by Gasteiger charge is 2.28. The standard InChI is InChI=1S/C13H22N4OS/c1-16(2)7-8-17(10-5-3-4-6-10)12(18)11-9-19-13(14)15-11/h9-10H,3-8H2,1-2H3,(H2,14,15). The molecule has 1 saturated carbocycles. The van der Waals surface area contributed by atoms with Crippen LogP contribution in [0.25, 0.3) is 0 Å². The van der Waals surface area contributed by atoms with Crippen molar-refractivity contribution < 1.29 is 4.79 Å². The topological polar surface area (TPSA) is 62.5 Å². The Labute approximate surface area is 118 Å². The second-order valence-electron chi connectivity index (χ2n) is 5.31. The number of rotatable bonds is 5. The highest BCUT2D eigenvalue weighted by molar-refractivity contribution is 7.13. The largest absolute Gasteiger partial charge is 0.375 e. The molecule has 5 nitrogen and oxygen atoms in total. The summed E-state index contributed by atoms with van der Waals surface area (Å²) in [4.78, 5) is 20.8. The molecule has 1 aromatic rings. The predicted molar refractivity (Wildman–Crippen MR) is 78.4 cm³/mol. The fourth-order valence-corrected chi connectivity index (χ4v) is 3.04. The van der Waals surface area contributed by atoms with Crippen molar-refractivity contribution in [2.75, 3.05) is 32.9 Å². The molecule has 0 atom stereocenters. The fourth-order valence-electron chi connectivity index (χ4n) is 2.51. The van der Waals surface area contributed by atoms with Gasteiger partial charge in [-0.25, -0.2) is 4.98 Å². The molecule has 0 radical (unpaired) electrons. The van der Waals surface area contributed by atoms with E-state index in [4.69, 9.17) is 5.73 Å². The van der Waals surface area contributed by atoms with Crippen molar-refractivity contribution >= 4 is 22.4 Å². The van der Waals surface area contributed by atoms with Crippen LogP contribution in [0.3, 0.4) is 0 Å². The van der Waals surface area contributed by atoms with Gasteiger partial charge in [0.1, 0.15) is 5.69 Å². The third-order valence-corrected chi connectivity index (χ3v) is 4.23. The van der Waals surface area contributed by atoms with E-state index in [9.17, 15) is 4.79 Å². The number of carbonyl (C=O) groups excluding carboxylic acids is 1. The number of amides is 1. The first-order valence-electron chi connectivity index (χ1n) is 6.74. The van der Waals surface area contributed by atoms with Crippen LogP contribution in [0.2, 0.25) is 0 Å². The summed E-state index contributed by atoms with van der Waals surface area (Å²) in [5.74, 6) is 0.0294. The molecule has 106 valence electrons. The first kappa shape index (κ1) is 14.3. The molecular formula is C13H22N4OS. The summed E-state index contributed by atoms with van der Waals surface area (Å²) in [6.45, 7) is 1.63. The second kappa shape index (κ2) is 6.34. The number of nitrogens with zero attached hydrogens (tertiary/aromatic N) is 3. The first-order chi connectivity index (χ1) is 9.08. The zero-order valence-electron chi connectivity index (χ0n) is 11.6. The maximum Gasteiger partial charge on any atom is 0.273 e. The number of hydrogen-bond donors (Lipinski definition) is 1. The zero-order valence-corrected chi connectivity index (χ0v) is 12.4. The van der Waals surface area contributed by atoms with Gasteiger partial charge in [0.25, 0.3) is 5.91 Å². The Morgan fingerprint density at radius 2 is 2.11 bits per heavy atom. The normalized spacial score (nSPS) is 16.2. The maximum atomic E-state index is 12.6. The van der Waals surface area contributed by atoms with Gasteiger partial charge in [-0.3, -0.25) is 4.79 Å². The second-order valence-corrected chi connectivity index (χ2v) is 6.20. The zero-order chi connectivity index (χ0) is 13.8. The van der Waals surface area contributed by atoms with E-state index in [1.165, 1.54) is 24.2 Å². The molecule has 1 fully saturated rings. The Bertz CT molecular complexity index is 426. The number of carbonyl (C=O) groups is 1. The molecule has 0 aromatic carbocycles. The van der Waals surface area contributed by atoms with Gasteiger partial charge >= 0.3 is 0 Å². The van der Waals surface area contributed by atoms with Crippen LogP contribution in [0.4, 0.5) is 5.13 Å². The van der Waals surface area contributed by atoms with E-state index in [0.29, 0.717) is 16.9 Å². The van der Waals surface area contributed by atoms with E-state index in [-0.39, 0.29) is 5.91 Å². The minimum Gasteiger partial charge on any atom is -0.375 e. The molecule has 0 aliphatic heterocycles. The number of nitrogen functional groups attached to an aromatic ring is 1. The molecular weight excluding hydrogens is 260 g/mol. The van der Waals surface area contributed by atoms with E-state index >= 15 is 0 Å². The summed E-state index contributed by atoms with van der Waals surface area (Å²) in [6.07, 6.45) is 4.66. The monoisotopic (exact) mass is 282 g/mol. The van der Waals surface area contributed by atoms with Crippen LogP contribution in [0.1, 0.15) is 36.2 Å². The van der Waals surface area contributed by atoms with Crippen molar-refractivity contribution in [1.29, 1.82) is 0 Å². The Kier molecular flexibility index (Phi) is 4.76. The van der Waals surface area contributed by atoms with Crippen molar-refractivity contribution in [1.82, 2.24) is 14.8 Å². The number of hydrogen-bond acceptors (Lipinski definition) is 5. The molecule has 1 aliphatic carbocycles. The summed E-state index contributed by atoms with van der Waals surface area (Å²) in [5, 5.41) is 2.22. The lowest BCUT2D eigenvalue weighted by Crippen LogP contribution is -2.42. The SMILES string of the molecule is CN(C)CCN(C(=O)c1csc(N)n1)C1CCCC1. The van der Waals surface area contributed by atoms with Gasteiger partial charge < -0.3 is 15.5 Å². The highest BCUT2D eigenvalue weighted by Crippen LogP contribution is 2.25. The van der Waals surface area contributed by atoms with E-state index in [0.717, 1.165) is 25.9 Å². The molecule has 0 spiro atoms. The molecule has 1 aliphatic rings. The number of thiazole rings is 1.